The lowest BCUT2D eigenvalue weighted by molar-refractivity contribution is -0.119. The zero-order valence-corrected chi connectivity index (χ0v) is 27.3. The molecule has 3 aromatic heterocycles. The number of hydrogen-bond donors (Lipinski definition) is 2. The summed E-state index contributed by atoms with van der Waals surface area (Å²) in [7, 11) is 1.49. The van der Waals surface area contributed by atoms with Crippen LogP contribution in [0.3, 0.4) is 0 Å². The van der Waals surface area contributed by atoms with Crippen LogP contribution in [0.4, 0.5) is 4.79 Å². The minimum atomic E-state index is -0.938. The third kappa shape index (κ3) is 6.22. The van der Waals surface area contributed by atoms with Crippen LogP contribution < -0.4 is 21.3 Å². The highest BCUT2D eigenvalue weighted by atomic mass is 35.5. The Bertz CT molecular complexity index is 2170. The molecule has 0 bridgehead atoms. The summed E-state index contributed by atoms with van der Waals surface area (Å²) in [5.41, 5.74) is 10.2. The first-order valence-corrected chi connectivity index (χ1v) is 15.7. The minimum Gasteiger partial charge on any atom is -0.481 e. The second-order valence-electron chi connectivity index (χ2n) is 11.3. The van der Waals surface area contributed by atoms with Crippen LogP contribution in [-0.2, 0) is 16.0 Å². The molecule has 0 aliphatic carbocycles. The molecule has 5 aromatic rings. The molecule has 0 spiro atoms. The van der Waals surface area contributed by atoms with E-state index >= 15 is 0 Å². The van der Waals surface area contributed by atoms with Gasteiger partial charge in [-0.3, -0.25) is 18.8 Å². The van der Waals surface area contributed by atoms with Gasteiger partial charge in [-0.15, -0.1) is 0 Å². The monoisotopic (exact) mass is 685 g/mol. The van der Waals surface area contributed by atoms with Gasteiger partial charge in [0.15, 0.2) is 6.29 Å². The maximum absolute atomic E-state index is 12.7. The van der Waals surface area contributed by atoms with E-state index in [0.717, 1.165) is 5.56 Å². The summed E-state index contributed by atoms with van der Waals surface area (Å²) in [6, 6.07) is 17.8. The molecular weight excluding hydrogens is 657 g/mol. The van der Waals surface area contributed by atoms with Crippen LogP contribution in [0.1, 0.15) is 34.5 Å². The van der Waals surface area contributed by atoms with Gasteiger partial charge in [-0.25, -0.2) is 14.8 Å². The molecule has 0 unspecified atom stereocenters. The number of carbonyl (C=O) groups is 3. The van der Waals surface area contributed by atoms with Gasteiger partial charge in [0.2, 0.25) is 11.8 Å². The van der Waals surface area contributed by atoms with Gasteiger partial charge >= 0.3 is 6.09 Å². The van der Waals surface area contributed by atoms with Crippen LogP contribution in [0.2, 0.25) is 10.0 Å². The molecule has 1 aliphatic heterocycles. The Morgan fingerprint density at radius 1 is 1.04 bits per heavy atom. The molecule has 48 heavy (non-hydrogen) atoms. The molecule has 2 amide bonds. The Morgan fingerprint density at radius 3 is 2.38 bits per heavy atom. The van der Waals surface area contributed by atoms with Crippen molar-refractivity contribution in [2.75, 3.05) is 7.11 Å². The number of fused-ring (bicyclic) bond motifs is 1. The van der Waals surface area contributed by atoms with E-state index in [-0.39, 0.29) is 23.9 Å². The van der Waals surface area contributed by atoms with Crippen molar-refractivity contribution < 1.29 is 23.9 Å². The summed E-state index contributed by atoms with van der Waals surface area (Å²) in [5, 5.41) is 3.67. The number of nitrogens with two attached hydrogens (primary N) is 1. The molecule has 3 N–H and O–H groups in total. The Labute approximate surface area is 284 Å². The fraction of sp³-hybridized carbons (Fsp3) is 0.200. The van der Waals surface area contributed by atoms with Crippen molar-refractivity contribution in [3.8, 4) is 39.4 Å². The standard InChI is InChI=1S/C35H29Cl2N5O6/c1-18-25(17-43)34(45)42-14-13-19(16-29(42)39-18)21-5-3-6-22(31(21)36)23-7-4-8-24(32(23)37)26-10-9-20(33(41-26)47-2)15-28(48-35(38)46)27-11-12-30(44)40-27/h3-10,13-14,16-17,27-28H,11-12,15H2,1-2H3,(H2,38,46)(H,40,44)/t27-,28-/m0/s1. The number of carbonyl (C=O) groups excluding carboxylic acids is 3. The fourth-order valence-electron chi connectivity index (χ4n) is 5.97. The molecule has 0 radical (unpaired) electrons. The van der Waals surface area contributed by atoms with E-state index in [2.05, 4.69) is 10.3 Å². The number of aromatic nitrogens is 3. The van der Waals surface area contributed by atoms with Crippen LogP contribution in [0.25, 0.3) is 39.2 Å². The maximum atomic E-state index is 12.7. The molecule has 4 heterocycles. The predicted molar refractivity (Wildman–Crippen MR) is 182 cm³/mol. The zero-order valence-electron chi connectivity index (χ0n) is 25.8. The number of ether oxygens (including phenoxy) is 2. The molecule has 11 nitrogen and oxygen atoms in total. The van der Waals surface area contributed by atoms with Gasteiger partial charge in [0.05, 0.1) is 34.6 Å². The number of halogens is 2. The lowest BCUT2D eigenvalue weighted by atomic mass is 9.96. The number of pyridine rings is 2. The van der Waals surface area contributed by atoms with Crippen LogP contribution in [-0.4, -0.2) is 51.9 Å². The maximum Gasteiger partial charge on any atom is 0.404 e. The Balaban J connectivity index is 1.34. The average Bonchev–Trinajstić information content (AvgIpc) is 3.51. The van der Waals surface area contributed by atoms with E-state index in [1.165, 1.54) is 11.5 Å². The number of nitrogens with one attached hydrogen (secondary N) is 1. The first kappa shape index (κ1) is 32.7. The van der Waals surface area contributed by atoms with Gasteiger partial charge in [0.25, 0.3) is 5.56 Å². The van der Waals surface area contributed by atoms with E-state index in [4.69, 9.17) is 43.4 Å². The van der Waals surface area contributed by atoms with Gasteiger partial charge in [0.1, 0.15) is 17.3 Å². The normalized spacial score (nSPS) is 14.8. The highest BCUT2D eigenvalue weighted by Crippen LogP contribution is 2.42. The highest BCUT2D eigenvalue weighted by molar-refractivity contribution is 6.39. The van der Waals surface area contributed by atoms with Crippen molar-refractivity contribution in [1.29, 1.82) is 0 Å². The van der Waals surface area contributed by atoms with E-state index in [1.54, 1.807) is 31.3 Å². The number of nitrogens with zero attached hydrogens (tertiary/aromatic N) is 3. The third-order valence-corrected chi connectivity index (χ3v) is 9.16. The summed E-state index contributed by atoms with van der Waals surface area (Å²) in [4.78, 5) is 56.7. The number of aryl methyl sites for hydroxylation is 1. The van der Waals surface area contributed by atoms with Crippen LogP contribution >= 0.6 is 23.2 Å². The first-order valence-electron chi connectivity index (χ1n) is 14.9. The first-order chi connectivity index (χ1) is 23.1. The quantitative estimate of drug-likeness (QED) is 0.184. The number of aldehydes is 1. The van der Waals surface area contributed by atoms with Crippen molar-refractivity contribution >= 4 is 47.1 Å². The Kier molecular flexibility index (Phi) is 9.16. The number of rotatable bonds is 9. The molecule has 13 heteroatoms. The number of methoxy groups -OCH3 is 1. The smallest absolute Gasteiger partial charge is 0.404 e. The topological polar surface area (TPSA) is 155 Å². The molecule has 2 atom stereocenters. The summed E-state index contributed by atoms with van der Waals surface area (Å²) in [5.74, 6) is 0.185. The summed E-state index contributed by atoms with van der Waals surface area (Å²) < 4.78 is 12.3. The molecule has 0 saturated carbocycles. The Hall–Kier alpha value is -5.26. The molecule has 1 saturated heterocycles. The van der Waals surface area contributed by atoms with Crippen molar-refractivity contribution in [1.82, 2.24) is 19.7 Å². The van der Waals surface area contributed by atoms with Gasteiger partial charge < -0.3 is 20.5 Å². The SMILES string of the molecule is COc1nc(-c2cccc(-c3cccc(-c4ccn5c(=O)c(C=O)c(C)nc5c4)c3Cl)c2Cl)ccc1C[C@H](OC(N)=O)[C@@H]1CCC(=O)N1. The minimum absolute atomic E-state index is 0.0110. The molecular formula is C35H29Cl2N5O6. The second-order valence-corrected chi connectivity index (χ2v) is 12.0. The van der Waals surface area contributed by atoms with Crippen LogP contribution in [0.15, 0.2) is 71.7 Å². The van der Waals surface area contributed by atoms with Crippen LogP contribution in [0.5, 0.6) is 5.88 Å². The predicted octanol–water partition coefficient (Wildman–Crippen LogP) is 5.81. The van der Waals surface area contributed by atoms with Gasteiger partial charge in [-0.2, -0.15) is 0 Å². The highest BCUT2D eigenvalue weighted by Gasteiger charge is 2.32. The summed E-state index contributed by atoms with van der Waals surface area (Å²) in [6.45, 7) is 1.62. The largest absolute Gasteiger partial charge is 0.481 e. The lowest BCUT2D eigenvalue weighted by Crippen LogP contribution is -2.42. The number of benzene rings is 2. The van der Waals surface area contributed by atoms with Crippen LogP contribution in [0, 0.1) is 6.92 Å². The van der Waals surface area contributed by atoms with E-state index in [1.807, 2.05) is 42.5 Å². The molecule has 2 aromatic carbocycles. The summed E-state index contributed by atoms with van der Waals surface area (Å²) in [6.07, 6.45) is 1.51. The van der Waals surface area contributed by atoms with Gasteiger partial charge in [0, 0.05) is 46.9 Å². The molecule has 244 valence electrons. The summed E-state index contributed by atoms with van der Waals surface area (Å²) >= 11 is 14.1. The van der Waals surface area contributed by atoms with Gasteiger partial charge in [-0.1, -0.05) is 65.7 Å². The van der Waals surface area contributed by atoms with E-state index in [9.17, 15) is 19.2 Å². The van der Waals surface area contributed by atoms with Crippen molar-refractivity contribution in [2.45, 2.75) is 38.3 Å². The number of amides is 2. The second kappa shape index (κ2) is 13.5. The number of primary amides is 1. The average molecular weight is 687 g/mol. The lowest BCUT2D eigenvalue weighted by Gasteiger charge is -2.23. The molecule has 6 rings (SSSR count). The van der Waals surface area contributed by atoms with Crippen molar-refractivity contribution in [3.05, 3.63) is 104 Å². The van der Waals surface area contributed by atoms with E-state index < -0.39 is 17.8 Å². The van der Waals surface area contributed by atoms with E-state index in [0.29, 0.717) is 79.9 Å². The fourth-order valence-corrected chi connectivity index (χ4v) is 6.63. The molecule has 1 aliphatic rings. The van der Waals surface area contributed by atoms with Gasteiger partial charge in [-0.05, 0) is 37.1 Å². The zero-order chi connectivity index (χ0) is 34.1. The Morgan fingerprint density at radius 2 is 1.73 bits per heavy atom. The van der Waals surface area contributed by atoms with Crippen molar-refractivity contribution in [3.63, 3.8) is 0 Å². The molecule has 1 fully saturated rings. The van der Waals surface area contributed by atoms with Crippen molar-refractivity contribution in [2.24, 2.45) is 5.73 Å². The number of hydrogen-bond acceptors (Lipinski definition) is 8. The third-order valence-electron chi connectivity index (χ3n) is 8.35.